The minimum absolute atomic E-state index is 0.157. The minimum Gasteiger partial charge on any atom is -0.494 e. The van der Waals surface area contributed by atoms with Crippen LogP contribution in [0.5, 0.6) is 11.5 Å². The number of aryl methyl sites for hydroxylation is 2. The van der Waals surface area contributed by atoms with Gasteiger partial charge in [0.25, 0.3) is 0 Å². The highest BCUT2D eigenvalue weighted by molar-refractivity contribution is 5.87. The molecule has 0 fully saturated rings. The van der Waals surface area contributed by atoms with Crippen molar-refractivity contribution in [2.45, 2.75) is 47.3 Å². The molecule has 184 valence electrons. The van der Waals surface area contributed by atoms with Crippen molar-refractivity contribution >= 4 is 22.4 Å². The first-order chi connectivity index (χ1) is 17.3. The number of benzene rings is 3. The van der Waals surface area contributed by atoms with E-state index in [-0.39, 0.29) is 18.4 Å². The smallest absolute Gasteiger partial charge is 0.170 e. The number of pyridine rings is 1. The van der Waals surface area contributed by atoms with Gasteiger partial charge in [-0.25, -0.2) is 9.37 Å². The maximum atomic E-state index is 15.7. The lowest BCUT2D eigenvalue weighted by atomic mass is 10.1. The molecule has 5 nitrogen and oxygen atoms in total. The first-order valence-electron chi connectivity index (χ1n) is 12.1. The zero-order valence-electron chi connectivity index (χ0n) is 21.3. The molecule has 36 heavy (non-hydrogen) atoms. The maximum absolute atomic E-state index is 15.7. The highest BCUT2D eigenvalue weighted by atomic mass is 19.1. The Morgan fingerprint density at radius 3 is 2.44 bits per heavy atom. The average molecular weight is 484 g/mol. The molecule has 1 aromatic heterocycles. The van der Waals surface area contributed by atoms with E-state index in [9.17, 15) is 5.26 Å². The number of ether oxygens (including phenoxy) is 2. The molecule has 4 rings (SSSR count). The first-order valence-corrected chi connectivity index (χ1v) is 12.1. The number of nitrogens with zero attached hydrogens (tertiary/aromatic N) is 3. The van der Waals surface area contributed by atoms with Crippen LogP contribution < -0.4 is 14.4 Å². The van der Waals surface area contributed by atoms with Crippen LogP contribution in [0.1, 0.15) is 43.0 Å². The van der Waals surface area contributed by atoms with Crippen LogP contribution in [0.25, 0.3) is 10.9 Å². The number of hydrogen-bond donors (Lipinski definition) is 0. The molecule has 1 heterocycles. The molecule has 0 bridgehead atoms. The zero-order chi connectivity index (χ0) is 25.8. The number of rotatable bonds is 8. The maximum Gasteiger partial charge on any atom is 0.170 e. The van der Waals surface area contributed by atoms with Gasteiger partial charge in [0.15, 0.2) is 11.6 Å². The van der Waals surface area contributed by atoms with Crippen molar-refractivity contribution in [2.24, 2.45) is 0 Å². The normalized spacial score (nSPS) is 10.9. The number of aromatic nitrogens is 1. The highest BCUT2D eigenvalue weighted by Crippen LogP contribution is 2.34. The summed E-state index contributed by atoms with van der Waals surface area (Å²) in [6.45, 7) is 10.3. The molecule has 0 unspecified atom stereocenters. The Hall–Kier alpha value is -4.11. The van der Waals surface area contributed by atoms with Gasteiger partial charge < -0.3 is 14.4 Å². The van der Waals surface area contributed by atoms with Gasteiger partial charge in [-0.3, -0.25) is 0 Å². The van der Waals surface area contributed by atoms with Gasteiger partial charge in [0.2, 0.25) is 0 Å². The van der Waals surface area contributed by atoms with Crippen LogP contribution in [0.2, 0.25) is 0 Å². The fourth-order valence-electron chi connectivity index (χ4n) is 4.21. The van der Waals surface area contributed by atoms with E-state index in [1.54, 1.807) is 24.3 Å². The third-order valence-corrected chi connectivity index (χ3v) is 5.91. The average Bonchev–Trinajstić information content (AvgIpc) is 2.85. The summed E-state index contributed by atoms with van der Waals surface area (Å²) in [7, 11) is 0. The largest absolute Gasteiger partial charge is 0.494 e. The van der Waals surface area contributed by atoms with Gasteiger partial charge in [-0.15, -0.1) is 0 Å². The second kappa shape index (κ2) is 10.7. The summed E-state index contributed by atoms with van der Waals surface area (Å²) in [5, 5.41) is 10.4. The van der Waals surface area contributed by atoms with Crippen molar-refractivity contribution in [3.05, 3.63) is 88.7 Å². The van der Waals surface area contributed by atoms with Crippen LogP contribution in [0.3, 0.4) is 0 Å². The molecule has 0 saturated carbocycles. The summed E-state index contributed by atoms with van der Waals surface area (Å²) >= 11 is 0. The monoisotopic (exact) mass is 483 g/mol. The Morgan fingerprint density at radius 2 is 1.78 bits per heavy atom. The molecule has 0 spiro atoms. The van der Waals surface area contributed by atoms with Gasteiger partial charge in [0.1, 0.15) is 11.6 Å². The van der Waals surface area contributed by atoms with Crippen LogP contribution in [0.15, 0.2) is 60.7 Å². The van der Waals surface area contributed by atoms with Crippen LogP contribution in [0.4, 0.5) is 15.9 Å². The van der Waals surface area contributed by atoms with Crippen molar-refractivity contribution in [3.63, 3.8) is 0 Å². The second-order valence-electron chi connectivity index (χ2n) is 9.01. The second-order valence-corrected chi connectivity index (χ2v) is 9.01. The Labute approximate surface area is 211 Å². The van der Waals surface area contributed by atoms with E-state index >= 15 is 4.39 Å². The summed E-state index contributed by atoms with van der Waals surface area (Å²) in [6.07, 6.45) is -0.188. The lowest BCUT2D eigenvalue weighted by molar-refractivity contribution is 0.228. The van der Waals surface area contributed by atoms with Gasteiger partial charge in [-0.2, -0.15) is 5.26 Å². The molecule has 0 atom stereocenters. The van der Waals surface area contributed by atoms with E-state index in [1.165, 1.54) is 0 Å². The summed E-state index contributed by atoms with van der Waals surface area (Å²) in [6, 6.07) is 20.8. The van der Waals surface area contributed by atoms with Crippen LogP contribution >= 0.6 is 0 Å². The predicted octanol–water partition coefficient (Wildman–Crippen LogP) is 7.39. The van der Waals surface area contributed by atoms with E-state index in [0.29, 0.717) is 29.3 Å². The molecule has 0 aliphatic carbocycles. The lowest BCUT2D eigenvalue weighted by Gasteiger charge is -2.26. The molecule has 6 heteroatoms. The number of fused-ring (bicyclic) bond motifs is 1. The number of halogens is 1. The Kier molecular flexibility index (Phi) is 7.40. The third-order valence-electron chi connectivity index (χ3n) is 5.91. The van der Waals surface area contributed by atoms with Crippen molar-refractivity contribution in [1.82, 2.24) is 4.98 Å². The van der Waals surface area contributed by atoms with Crippen LogP contribution in [0, 0.1) is 31.0 Å². The van der Waals surface area contributed by atoms with Crippen molar-refractivity contribution < 1.29 is 13.9 Å². The summed E-state index contributed by atoms with van der Waals surface area (Å²) < 4.78 is 27.2. The van der Waals surface area contributed by atoms with Crippen molar-refractivity contribution in [3.8, 4) is 17.6 Å². The number of hydrogen-bond acceptors (Lipinski definition) is 5. The highest BCUT2D eigenvalue weighted by Gasteiger charge is 2.20. The molecule has 0 saturated heterocycles. The molecule has 0 N–H and O–H groups in total. The van der Waals surface area contributed by atoms with Crippen molar-refractivity contribution in [1.29, 1.82) is 5.26 Å². The molecule has 3 aromatic carbocycles. The van der Waals surface area contributed by atoms with Crippen LogP contribution in [-0.4, -0.2) is 17.7 Å². The van der Waals surface area contributed by atoms with E-state index in [0.717, 1.165) is 27.7 Å². The molecule has 0 radical (unpaired) electrons. The van der Waals surface area contributed by atoms with E-state index in [4.69, 9.17) is 14.5 Å². The fraction of sp³-hybridized carbons (Fsp3) is 0.267. The molecular weight excluding hydrogens is 453 g/mol. The van der Waals surface area contributed by atoms with E-state index in [2.05, 4.69) is 19.1 Å². The fourth-order valence-corrected chi connectivity index (χ4v) is 4.21. The molecule has 0 aliphatic heterocycles. The molecular formula is C30H30FN3O2. The summed E-state index contributed by atoms with van der Waals surface area (Å²) in [4.78, 5) is 6.94. The third kappa shape index (κ3) is 5.26. The quantitative estimate of drug-likeness (QED) is 0.262. The predicted molar refractivity (Wildman–Crippen MR) is 142 cm³/mol. The van der Waals surface area contributed by atoms with Crippen molar-refractivity contribution in [2.75, 3.05) is 11.5 Å². The number of nitriles is 1. The molecule has 0 amide bonds. The number of para-hydroxylation sites is 1. The molecule has 4 aromatic rings. The van der Waals surface area contributed by atoms with Gasteiger partial charge in [0.05, 0.1) is 36.4 Å². The first kappa shape index (κ1) is 25.0. The van der Waals surface area contributed by atoms with Gasteiger partial charge in [-0.1, -0.05) is 18.2 Å². The van der Waals surface area contributed by atoms with Crippen LogP contribution in [-0.2, 0) is 6.54 Å². The SMILES string of the molecule is CCOc1cc(CN(c2ccc(C#N)cc2)c2cc(C)c3cccc(C)c3n2)c(F)c(OC(C)C)c1. The van der Waals surface area contributed by atoms with Gasteiger partial charge >= 0.3 is 0 Å². The standard InChI is InChI=1S/C30H30FN3O2/c1-6-35-25-15-23(29(31)27(16-25)36-19(2)3)18-34(24-12-10-22(17-32)11-13-24)28-14-21(5)26-9-7-8-20(4)30(26)33-28/h7-16,19H,6,18H2,1-5H3. The zero-order valence-corrected chi connectivity index (χ0v) is 21.3. The van der Waals surface area contributed by atoms with Gasteiger partial charge in [-0.05, 0) is 82.1 Å². The Morgan fingerprint density at radius 1 is 1.03 bits per heavy atom. The van der Waals surface area contributed by atoms with E-state index < -0.39 is 5.82 Å². The van der Waals surface area contributed by atoms with E-state index in [1.807, 2.05) is 62.9 Å². The molecule has 0 aliphatic rings. The lowest BCUT2D eigenvalue weighted by Crippen LogP contribution is -2.20. The topological polar surface area (TPSA) is 58.4 Å². The Bertz CT molecular complexity index is 1430. The number of anilines is 2. The van der Waals surface area contributed by atoms with Gasteiger partial charge in [0, 0.05) is 22.7 Å². The summed E-state index contributed by atoms with van der Waals surface area (Å²) in [5.74, 6) is 0.957. The minimum atomic E-state index is -0.431. The summed E-state index contributed by atoms with van der Waals surface area (Å²) in [5.41, 5.74) is 4.80. The Balaban J connectivity index is 1.88.